The van der Waals surface area contributed by atoms with Gasteiger partial charge in [-0.15, -0.1) is 0 Å². The van der Waals surface area contributed by atoms with Crippen LogP contribution in [0, 0.1) is 23.7 Å². The van der Waals surface area contributed by atoms with Crippen molar-refractivity contribution in [3.05, 3.63) is 59.9 Å². The molecule has 0 radical (unpaired) electrons. The van der Waals surface area contributed by atoms with Crippen LogP contribution in [-0.4, -0.2) is 96.8 Å². The van der Waals surface area contributed by atoms with Gasteiger partial charge in [0.15, 0.2) is 11.4 Å². The fraction of sp³-hybridized carbons (Fsp3) is 0.585. The van der Waals surface area contributed by atoms with E-state index in [1.54, 1.807) is 40.6 Å². The van der Waals surface area contributed by atoms with E-state index in [2.05, 4.69) is 81.8 Å². The lowest BCUT2D eigenvalue weighted by Crippen LogP contribution is -2.40. The van der Waals surface area contributed by atoms with Crippen LogP contribution in [0.4, 0.5) is 0 Å². The monoisotopic (exact) mass is 959 g/mol. The average molecular weight is 959 g/mol. The number of carbonyl (C=O) groups is 4. The van der Waals surface area contributed by atoms with E-state index in [0.29, 0.717) is 97.1 Å². The SMILES string of the molecule is CCNC(=O)C[C@H](CC(C)C)NC(=O)c1cc(-c2c(OC)cccc2OC)n(CC(C)CC)n1.CCNC(=O)C[C@H](CC(C)C)NC(=O)c1cc(-c2c(OC)cccc2OC)n(CC(CC)CC)n1. The molecule has 2 aromatic heterocycles. The molecule has 16 heteroatoms. The largest absolute Gasteiger partial charge is 0.496 e. The maximum atomic E-state index is 13.3. The molecule has 4 rings (SSSR count). The Kier molecular flexibility index (Phi) is 24.1. The van der Waals surface area contributed by atoms with Crippen LogP contribution in [0.15, 0.2) is 48.5 Å². The molecule has 0 saturated carbocycles. The molecule has 4 amide bonds. The van der Waals surface area contributed by atoms with Crippen LogP contribution in [0.3, 0.4) is 0 Å². The summed E-state index contributed by atoms with van der Waals surface area (Å²) in [6, 6.07) is 14.2. The molecule has 0 fully saturated rings. The molecule has 0 saturated heterocycles. The number of carbonyl (C=O) groups excluding carboxylic acids is 4. The smallest absolute Gasteiger partial charge is 0.272 e. The Morgan fingerprint density at radius 2 is 0.913 bits per heavy atom. The van der Waals surface area contributed by atoms with Crippen molar-refractivity contribution in [3.63, 3.8) is 0 Å². The van der Waals surface area contributed by atoms with Crippen molar-refractivity contribution in [2.45, 2.75) is 139 Å². The first-order chi connectivity index (χ1) is 33.0. The van der Waals surface area contributed by atoms with Gasteiger partial charge in [-0.05, 0) is 86.8 Å². The molecular formula is C53H82N8O8. The van der Waals surface area contributed by atoms with E-state index in [4.69, 9.17) is 24.0 Å². The van der Waals surface area contributed by atoms with Gasteiger partial charge in [-0.25, -0.2) is 0 Å². The third-order valence-electron chi connectivity index (χ3n) is 12.0. The zero-order valence-corrected chi connectivity index (χ0v) is 43.9. The molecule has 0 aliphatic rings. The van der Waals surface area contributed by atoms with Gasteiger partial charge in [0.05, 0.1) is 51.0 Å². The fourth-order valence-corrected chi connectivity index (χ4v) is 8.19. The van der Waals surface area contributed by atoms with Gasteiger partial charge >= 0.3 is 0 Å². The number of hydrogen-bond donors (Lipinski definition) is 4. The molecule has 0 aliphatic carbocycles. The Hall–Kier alpha value is -6.06. The zero-order chi connectivity index (χ0) is 51.2. The highest BCUT2D eigenvalue weighted by molar-refractivity contribution is 5.95. The predicted molar refractivity (Wildman–Crippen MR) is 273 cm³/mol. The standard InChI is InChI=1S/C27H42N4O4.C26H40N4O4/c1-8-19(9-2)17-31-22(26-23(34-6)12-11-13-24(26)35-7)16-21(30-31)27(33)29-20(14-18(4)5)15-25(32)28-10-3;1-8-18(5)16-30-21(25-22(33-6)11-10-12-23(25)34-7)15-20(29-30)26(32)28-19(13-17(3)4)14-24(31)27-9-2/h11-13,16,18-20H,8-10,14-15,17H2,1-7H3,(H,28,32)(H,29,33);10-12,15,17-19H,8-9,13-14,16H2,1-7H3,(H,27,31)(H,28,32)/t20-;18?,19-/m00/s1. The Balaban J connectivity index is 0.000000365. The van der Waals surface area contributed by atoms with Gasteiger partial charge in [0, 0.05) is 51.1 Å². The summed E-state index contributed by atoms with van der Waals surface area (Å²) in [6.45, 7) is 23.1. The van der Waals surface area contributed by atoms with Gasteiger partial charge < -0.3 is 40.2 Å². The highest BCUT2D eigenvalue weighted by atomic mass is 16.5. The van der Waals surface area contributed by atoms with E-state index in [1.807, 2.05) is 59.6 Å². The first kappa shape index (κ1) is 57.3. The number of aromatic nitrogens is 4. The van der Waals surface area contributed by atoms with Crippen LogP contribution in [0.5, 0.6) is 23.0 Å². The van der Waals surface area contributed by atoms with Crippen LogP contribution in [0.1, 0.15) is 135 Å². The van der Waals surface area contributed by atoms with Crippen molar-refractivity contribution in [1.29, 1.82) is 0 Å². The average Bonchev–Trinajstić information content (AvgIpc) is 3.94. The van der Waals surface area contributed by atoms with Crippen molar-refractivity contribution < 1.29 is 38.1 Å². The maximum absolute atomic E-state index is 13.3. The van der Waals surface area contributed by atoms with Crippen LogP contribution in [-0.2, 0) is 22.7 Å². The molecule has 0 spiro atoms. The minimum Gasteiger partial charge on any atom is -0.496 e. The van der Waals surface area contributed by atoms with Gasteiger partial charge in [0.1, 0.15) is 23.0 Å². The summed E-state index contributed by atoms with van der Waals surface area (Å²) < 4.78 is 26.2. The van der Waals surface area contributed by atoms with Crippen molar-refractivity contribution in [2.75, 3.05) is 41.5 Å². The summed E-state index contributed by atoms with van der Waals surface area (Å²) in [4.78, 5) is 51.0. The number of nitrogens with one attached hydrogen (secondary N) is 4. The number of rotatable bonds is 27. The van der Waals surface area contributed by atoms with Crippen LogP contribution in [0.25, 0.3) is 22.5 Å². The highest BCUT2D eigenvalue weighted by Crippen LogP contribution is 2.40. The Bertz CT molecular complexity index is 2190. The van der Waals surface area contributed by atoms with Crippen molar-refractivity contribution in [2.24, 2.45) is 23.7 Å². The van der Waals surface area contributed by atoms with Gasteiger partial charge in [-0.2, -0.15) is 10.2 Å². The third-order valence-corrected chi connectivity index (χ3v) is 12.0. The first-order valence-electron chi connectivity index (χ1n) is 24.7. The molecule has 1 unspecified atom stereocenters. The normalized spacial score (nSPS) is 12.4. The summed E-state index contributed by atoms with van der Waals surface area (Å²) in [5.41, 5.74) is 3.64. The van der Waals surface area contributed by atoms with Crippen LogP contribution < -0.4 is 40.2 Å². The van der Waals surface area contributed by atoms with E-state index < -0.39 is 0 Å². The maximum Gasteiger partial charge on any atom is 0.272 e. The molecule has 2 heterocycles. The quantitative estimate of drug-likeness (QED) is 0.0449. The molecule has 2 aromatic carbocycles. The molecule has 3 atom stereocenters. The van der Waals surface area contributed by atoms with Crippen LogP contribution in [0.2, 0.25) is 0 Å². The summed E-state index contributed by atoms with van der Waals surface area (Å²) in [5, 5.41) is 21.1. The van der Waals surface area contributed by atoms with E-state index in [9.17, 15) is 19.2 Å². The van der Waals surface area contributed by atoms with E-state index in [1.165, 1.54) is 0 Å². The summed E-state index contributed by atoms with van der Waals surface area (Å²) in [7, 11) is 6.45. The Morgan fingerprint density at radius 1 is 0.551 bits per heavy atom. The fourth-order valence-electron chi connectivity index (χ4n) is 8.19. The lowest BCUT2D eigenvalue weighted by molar-refractivity contribution is -0.122. The van der Waals surface area contributed by atoms with Gasteiger partial charge in [-0.3, -0.25) is 28.5 Å². The summed E-state index contributed by atoms with van der Waals surface area (Å²) >= 11 is 0. The number of methoxy groups -OCH3 is 4. The Labute approximate surface area is 411 Å². The molecule has 0 aliphatic heterocycles. The van der Waals surface area contributed by atoms with E-state index >= 15 is 0 Å². The van der Waals surface area contributed by atoms with E-state index in [0.717, 1.165) is 41.8 Å². The lowest BCUT2D eigenvalue weighted by atomic mass is 10.0. The third kappa shape index (κ3) is 17.1. The number of benzene rings is 2. The number of ether oxygens (including phenoxy) is 4. The molecular weight excluding hydrogens is 877 g/mol. The van der Waals surface area contributed by atoms with Gasteiger partial charge in [0.25, 0.3) is 11.8 Å². The second-order valence-electron chi connectivity index (χ2n) is 18.4. The minimum absolute atomic E-state index is 0.0721. The number of nitrogens with zero attached hydrogens (tertiary/aromatic N) is 4. The molecule has 69 heavy (non-hydrogen) atoms. The summed E-state index contributed by atoms with van der Waals surface area (Å²) in [5.74, 6) is 3.28. The van der Waals surface area contributed by atoms with Gasteiger partial charge in [-0.1, -0.05) is 86.8 Å². The molecule has 4 N–H and O–H groups in total. The second kappa shape index (κ2) is 29.1. The second-order valence-corrected chi connectivity index (χ2v) is 18.4. The lowest BCUT2D eigenvalue weighted by Gasteiger charge is -2.19. The molecule has 4 aromatic rings. The minimum atomic E-state index is -0.298. The summed E-state index contributed by atoms with van der Waals surface area (Å²) in [6.07, 6.45) is 4.85. The molecule has 0 bridgehead atoms. The zero-order valence-electron chi connectivity index (χ0n) is 43.9. The number of hydrogen-bond acceptors (Lipinski definition) is 10. The van der Waals surface area contributed by atoms with Crippen LogP contribution >= 0.6 is 0 Å². The molecule has 382 valence electrons. The number of amides is 4. The van der Waals surface area contributed by atoms with Gasteiger partial charge in [0.2, 0.25) is 11.8 Å². The molecule has 16 nitrogen and oxygen atoms in total. The van der Waals surface area contributed by atoms with E-state index in [-0.39, 0.29) is 48.6 Å². The topological polar surface area (TPSA) is 189 Å². The first-order valence-corrected chi connectivity index (χ1v) is 24.7. The Morgan fingerprint density at radius 3 is 1.22 bits per heavy atom. The van der Waals surface area contributed by atoms with Crippen molar-refractivity contribution in [3.8, 4) is 45.5 Å². The van der Waals surface area contributed by atoms with Crippen molar-refractivity contribution in [1.82, 2.24) is 40.8 Å². The highest BCUT2D eigenvalue weighted by Gasteiger charge is 2.27. The predicted octanol–water partition coefficient (Wildman–Crippen LogP) is 8.96. The van der Waals surface area contributed by atoms with Crippen molar-refractivity contribution >= 4 is 23.6 Å².